The summed E-state index contributed by atoms with van der Waals surface area (Å²) in [6, 6.07) is 0. The summed E-state index contributed by atoms with van der Waals surface area (Å²) in [5.41, 5.74) is 0. The molecule has 0 aromatic carbocycles. The summed E-state index contributed by atoms with van der Waals surface area (Å²) in [6.45, 7) is 3.80. The highest BCUT2D eigenvalue weighted by molar-refractivity contribution is 7.42. The zero-order valence-corrected chi connectivity index (χ0v) is 4.73. The van der Waals surface area contributed by atoms with Crippen LogP contribution in [-0.4, -0.2) is 16.3 Å². The maximum Gasteiger partial charge on any atom is 0.250 e. The van der Waals surface area contributed by atoms with E-state index < -0.39 is 8.53 Å². The van der Waals surface area contributed by atoms with Crippen molar-refractivity contribution in [2.75, 3.05) is 6.54 Å². The molecule has 0 saturated heterocycles. The number of hydrogen-bond donors (Lipinski definition) is 3. The monoisotopic (exact) mass is 121 g/mol. The fraction of sp³-hybridized carbons (Fsp3) is 0.333. The normalized spacial score (nSPS) is 9.57. The van der Waals surface area contributed by atoms with E-state index in [1.807, 2.05) is 0 Å². The Morgan fingerprint density at radius 3 is 2.43 bits per heavy atom. The van der Waals surface area contributed by atoms with E-state index in [4.69, 9.17) is 9.79 Å². The second kappa shape index (κ2) is 4.22. The highest BCUT2D eigenvalue weighted by Gasteiger charge is 1.89. The van der Waals surface area contributed by atoms with E-state index in [2.05, 4.69) is 11.7 Å². The van der Waals surface area contributed by atoms with Gasteiger partial charge in [-0.15, -0.1) is 6.58 Å². The van der Waals surface area contributed by atoms with Gasteiger partial charge in [0.25, 0.3) is 8.53 Å². The first-order valence-corrected chi connectivity index (χ1v) is 3.04. The summed E-state index contributed by atoms with van der Waals surface area (Å²) in [7, 11) is -1.93. The first-order chi connectivity index (χ1) is 3.27. The predicted molar refractivity (Wildman–Crippen MR) is 29.6 cm³/mol. The highest BCUT2D eigenvalue weighted by Crippen LogP contribution is 2.13. The first kappa shape index (κ1) is 7.05. The molecule has 7 heavy (non-hydrogen) atoms. The zero-order chi connectivity index (χ0) is 5.70. The van der Waals surface area contributed by atoms with Crippen molar-refractivity contribution in [1.82, 2.24) is 5.09 Å². The molecule has 0 radical (unpaired) electrons. The molecule has 0 amide bonds. The largest absolute Gasteiger partial charge is 0.338 e. The molecule has 3 nitrogen and oxygen atoms in total. The van der Waals surface area contributed by atoms with Crippen LogP contribution < -0.4 is 5.09 Å². The topological polar surface area (TPSA) is 52.5 Å². The molecule has 0 spiro atoms. The minimum absolute atomic E-state index is 0.443. The van der Waals surface area contributed by atoms with Crippen molar-refractivity contribution in [3.63, 3.8) is 0 Å². The third kappa shape index (κ3) is 6.05. The van der Waals surface area contributed by atoms with Crippen molar-refractivity contribution < 1.29 is 9.79 Å². The lowest BCUT2D eigenvalue weighted by Crippen LogP contribution is -2.04. The van der Waals surface area contributed by atoms with Crippen LogP contribution in [0.1, 0.15) is 0 Å². The lowest BCUT2D eigenvalue weighted by Gasteiger charge is -1.97. The molecule has 0 aliphatic heterocycles. The highest BCUT2D eigenvalue weighted by atomic mass is 31.2. The average Bonchev–Trinajstić information content (AvgIpc) is 1.61. The van der Waals surface area contributed by atoms with Gasteiger partial charge in [0.05, 0.1) is 0 Å². The molecule has 0 aliphatic rings. The van der Waals surface area contributed by atoms with E-state index >= 15 is 0 Å². The summed E-state index contributed by atoms with van der Waals surface area (Å²) in [6.07, 6.45) is 1.56. The third-order valence-electron chi connectivity index (χ3n) is 0.377. The molecule has 0 aromatic rings. The fourth-order valence-electron chi connectivity index (χ4n) is 0.146. The lowest BCUT2D eigenvalue weighted by molar-refractivity contribution is 0.469. The summed E-state index contributed by atoms with van der Waals surface area (Å²) >= 11 is 0. The molecular formula is C3H8NO2P. The maximum absolute atomic E-state index is 8.14. The van der Waals surface area contributed by atoms with Crippen molar-refractivity contribution in [3.8, 4) is 0 Å². The van der Waals surface area contributed by atoms with Gasteiger partial charge in [-0.1, -0.05) is 6.08 Å². The molecule has 0 rings (SSSR count). The van der Waals surface area contributed by atoms with E-state index in [-0.39, 0.29) is 0 Å². The van der Waals surface area contributed by atoms with E-state index in [1.165, 1.54) is 0 Å². The van der Waals surface area contributed by atoms with Crippen LogP contribution in [0.4, 0.5) is 0 Å². The Balaban J connectivity index is 2.81. The molecular weight excluding hydrogens is 113 g/mol. The molecule has 42 valence electrons. The van der Waals surface area contributed by atoms with E-state index in [0.29, 0.717) is 6.54 Å². The predicted octanol–water partition coefficient (Wildman–Crippen LogP) is -0.0265. The number of rotatable bonds is 3. The van der Waals surface area contributed by atoms with Crippen LogP contribution in [0.2, 0.25) is 0 Å². The van der Waals surface area contributed by atoms with E-state index in [9.17, 15) is 0 Å². The SMILES string of the molecule is C=CCNP(O)O. The number of nitrogens with one attached hydrogen (secondary N) is 1. The second-order valence-electron chi connectivity index (χ2n) is 0.940. The van der Waals surface area contributed by atoms with Crippen LogP contribution in [0.15, 0.2) is 12.7 Å². The Bertz CT molecular complexity index is 56.9. The molecule has 0 unspecified atom stereocenters. The van der Waals surface area contributed by atoms with Crippen LogP contribution in [0.5, 0.6) is 0 Å². The van der Waals surface area contributed by atoms with E-state index in [1.54, 1.807) is 6.08 Å². The Labute approximate surface area is 43.6 Å². The van der Waals surface area contributed by atoms with Gasteiger partial charge in [0.2, 0.25) is 0 Å². The van der Waals surface area contributed by atoms with E-state index in [0.717, 1.165) is 0 Å². The zero-order valence-electron chi connectivity index (χ0n) is 3.83. The minimum Gasteiger partial charge on any atom is -0.338 e. The van der Waals surface area contributed by atoms with Crippen LogP contribution in [-0.2, 0) is 0 Å². The number of hydrogen-bond acceptors (Lipinski definition) is 3. The summed E-state index contributed by atoms with van der Waals surface area (Å²) < 4.78 is 0. The van der Waals surface area contributed by atoms with Crippen LogP contribution in [0.25, 0.3) is 0 Å². The molecule has 0 aliphatic carbocycles. The summed E-state index contributed by atoms with van der Waals surface area (Å²) in [5, 5.41) is 2.35. The van der Waals surface area contributed by atoms with Gasteiger partial charge in [-0.05, 0) is 0 Å². The van der Waals surface area contributed by atoms with Crippen LogP contribution in [0.3, 0.4) is 0 Å². The Hall–Kier alpha value is 0.0500. The smallest absolute Gasteiger partial charge is 0.250 e. The maximum atomic E-state index is 8.14. The average molecular weight is 121 g/mol. The first-order valence-electron chi connectivity index (χ1n) is 1.79. The minimum atomic E-state index is -1.93. The molecule has 0 bridgehead atoms. The van der Waals surface area contributed by atoms with Crippen molar-refractivity contribution in [2.45, 2.75) is 0 Å². The van der Waals surface area contributed by atoms with Crippen molar-refractivity contribution in [2.24, 2.45) is 0 Å². The van der Waals surface area contributed by atoms with Gasteiger partial charge >= 0.3 is 0 Å². The lowest BCUT2D eigenvalue weighted by atomic mass is 10.7. The van der Waals surface area contributed by atoms with Gasteiger partial charge in [-0.2, -0.15) is 0 Å². The van der Waals surface area contributed by atoms with Gasteiger partial charge in [-0.3, -0.25) is 0 Å². The molecule has 4 heteroatoms. The standard InChI is InChI=1S/C3H8NO2P/c1-2-3-4-7(5)6/h2,4-6H,1,3H2. The Morgan fingerprint density at radius 1 is 1.71 bits per heavy atom. The van der Waals surface area contributed by atoms with Gasteiger partial charge in [0.1, 0.15) is 0 Å². The van der Waals surface area contributed by atoms with Crippen LogP contribution in [0, 0.1) is 0 Å². The van der Waals surface area contributed by atoms with Gasteiger partial charge in [0.15, 0.2) is 0 Å². The van der Waals surface area contributed by atoms with Gasteiger partial charge in [-0.25, -0.2) is 5.09 Å². The summed E-state index contributed by atoms with van der Waals surface area (Å²) in [4.78, 5) is 16.3. The summed E-state index contributed by atoms with van der Waals surface area (Å²) in [5.74, 6) is 0. The third-order valence-corrected chi connectivity index (χ3v) is 0.842. The second-order valence-corrected chi connectivity index (χ2v) is 1.84. The molecule has 0 atom stereocenters. The molecule has 0 fully saturated rings. The Kier molecular flexibility index (Phi) is 4.25. The molecule has 0 aromatic heterocycles. The van der Waals surface area contributed by atoms with Gasteiger partial charge in [0, 0.05) is 6.54 Å². The molecule has 0 heterocycles. The Morgan fingerprint density at radius 2 is 2.29 bits per heavy atom. The quantitative estimate of drug-likeness (QED) is 0.363. The van der Waals surface area contributed by atoms with Crippen molar-refractivity contribution in [1.29, 1.82) is 0 Å². The van der Waals surface area contributed by atoms with Crippen LogP contribution >= 0.6 is 8.53 Å². The van der Waals surface area contributed by atoms with Crippen molar-refractivity contribution in [3.05, 3.63) is 12.7 Å². The van der Waals surface area contributed by atoms with Gasteiger partial charge < -0.3 is 9.79 Å². The van der Waals surface area contributed by atoms with Crippen molar-refractivity contribution >= 4 is 8.53 Å². The molecule has 3 N–H and O–H groups in total. The fourth-order valence-corrected chi connectivity index (χ4v) is 0.439. The molecule has 0 saturated carbocycles.